The van der Waals surface area contributed by atoms with Gasteiger partial charge in [0.2, 0.25) is 5.88 Å². The molecule has 1 heterocycles. The first-order chi connectivity index (χ1) is 8.26. The largest absolute Gasteiger partial charge is 0.481 e. The van der Waals surface area contributed by atoms with Crippen molar-refractivity contribution in [1.29, 1.82) is 0 Å². The Morgan fingerprint density at radius 1 is 1.41 bits per heavy atom. The standard InChI is InChI=1S/C14H15NO2/c1-10(6-8-16)11-3-4-13-12(9-11)5-7-15-14(13)17-2/h3-5,7-10H,6H2,1-2H3. The molecule has 17 heavy (non-hydrogen) atoms. The average molecular weight is 229 g/mol. The molecule has 0 bridgehead atoms. The maximum absolute atomic E-state index is 10.5. The molecule has 0 radical (unpaired) electrons. The van der Waals surface area contributed by atoms with Crippen molar-refractivity contribution in [2.75, 3.05) is 7.11 Å². The molecule has 1 atom stereocenters. The van der Waals surface area contributed by atoms with Crippen LogP contribution in [0.25, 0.3) is 10.8 Å². The second-order valence-corrected chi connectivity index (χ2v) is 4.10. The molecular formula is C14H15NO2. The first-order valence-corrected chi connectivity index (χ1v) is 5.62. The molecular weight excluding hydrogens is 214 g/mol. The maximum atomic E-state index is 10.5. The number of nitrogens with zero attached hydrogens (tertiary/aromatic N) is 1. The molecule has 88 valence electrons. The summed E-state index contributed by atoms with van der Waals surface area (Å²) in [6, 6.07) is 8.07. The predicted molar refractivity (Wildman–Crippen MR) is 67.4 cm³/mol. The number of aromatic nitrogens is 1. The monoisotopic (exact) mass is 229 g/mol. The third kappa shape index (κ3) is 2.28. The zero-order chi connectivity index (χ0) is 12.3. The molecule has 1 aromatic heterocycles. The van der Waals surface area contributed by atoms with Gasteiger partial charge >= 0.3 is 0 Å². The van der Waals surface area contributed by atoms with E-state index >= 15 is 0 Å². The van der Waals surface area contributed by atoms with Crippen LogP contribution in [0.3, 0.4) is 0 Å². The van der Waals surface area contributed by atoms with Crippen LogP contribution in [0, 0.1) is 0 Å². The number of rotatable bonds is 4. The Labute approximate surface area is 100 Å². The number of pyridine rings is 1. The van der Waals surface area contributed by atoms with Gasteiger partial charge in [0, 0.05) is 18.0 Å². The van der Waals surface area contributed by atoms with Crippen molar-refractivity contribution in [3.63, 3.8) is 0 Å². The molecule has 0 N–H and O–H groups in total. The molecule has 1 unspecified atom stereocenters. The summed E-state index contributed by atoms with van der Waals surface area (Å²) in [6.07, 6.45) is 3.24. The third-order valence-corrected chi connectivity index (χ3v) is 2.96. The lowest BCUT2D eigenvalue weighted by Crippen LogP contribution is -1.95. The highest BCUT2D eigenvalue weighted by Gasteiger charge is 2.07. The highest BCUT2D eigenvalue weighted by molar-refractivity contribution is 5.87. The van der Waals surface area contributed by atoms with Crippen molar-refractivity contribution < 1.29 is 9.53 Å². The van der Waals surface area contributed by atoms with Crippen LogP contribution in [0.1, 0.15) is 24.8 Å². The summed E-state index contributed by atoms with van der Waals surface area (Å²) in [5, 5.41) is 2.09. The Bertz CT molecular complexity index is 537. The fraction of sp³-hybridized carbons (Fsp3) is 0.286. The molecule has 0 aliphatic rings. The van der Waals surface area contributed by atoms with Crippen LogP contribution in [0.2, 0.25) is 0 Å². The van der Waals surface area contributed by atoms with Gasteiger partial charge < -0.3 is 9.53 Å². The normalized spacial score (nSPS) is 12.4. The lowest BCUT2D eigenvalue weighted by atomic mass is 9.96. The van der Waals surface area contributed by atoms with Gasteiger partial charge in [-0.05, 0) is 29.0 Å². The summed E-state index contributed by atoms with van der Waals surface area (Å²) in [6.45, 7) is 2.05. The first-order valence-electron chi connectivity index (χ1n) is 5.62. The summed E-state index contributed by atoms with van der Waals surface area (Å²) >= 11 is 0. The number of benzene rings is 1. The fourth-order valence-corrected chi connectivity index (χ4v) is 1.92. The molecule has 2 aromatic rings. The van der Waals surface area contributed by atoms with Crippen LogP contribution in [0.15, 0.2) is 30.5 Å². The van der Waals surface area contributed by atoms with Crippen molar-refractivity contribution in [1.82, 2.24) is 4.98 Å². The van der Waals surface area contributed by atoms with E-state index in [1.165, 1.54) is 0 Å². The Morgan fingerprint density at radius 3 is 2.94 bits per heavy atom. The van der Waals surface area contributed by atoms with Gasteiger partial charge in [-0.1, -0.05) is 19.1 Å². The highest BCUT2D eigenvalue weighted by atomic mass is 16.5. The molecule has 0 fully saturated rings. The van der Waals surface area contributed by atoms with E-state index in [1.807, 2.05) is 25.1 Å². The van der Waals surface area contributed by atoms with Gasteiger partial charge in [0.05, 0.1) is 7.11 Å². The molecule has 0 amide bonds. The molecule has 0 saturated heterocycles. The summed E-state index contributed by atoms with van der Waals surface area (Å²) in [7, 11) is 1.62. The van der Waals surface area contributed by atoms with Crippen molar-refractivity contribution >= 4 is 17.1 Å². The summed E-state index contributed by atoms with van der Waals surface area (Å²) in [4.78, 5) is 14.7. The number of carbonyl (C=O) groups excluding carboxylic acids is 1. The smallest absolute Gasteiger partial charge is 0.221 e. The highest BCUT2D eigenvalue weighted by Crippen LogP contribution is 2.27. The number of ether oxygens (including phenoxy) is 1. The van der Waals surface area contributed by atoms with E-state index in [4.69, 9.17) is 4.74 Å². The Kier molecular flexibility index (Phi) is 3.38. The molecule has 3 nitrogen and oxygen atoms in total. The van der Waals surface area contributed by atoms with E-state index in [-0.39, 0.29) is 5.92 Å². The van der Waals surface area contributed by atoms with Crippen molar-refractivity contribution in [2.24, 2.45) is 0 Å². The number of hydrogen-bond donors (Lipinski definition) is 0. The number of carbonyl (C=O) groups is 1. The second-order valence-electron chi connectivity index (χ2n) is 4.10. The van der Waals surface area contributed by atoms with Gasteiger partial charge in [-0.2, -0.15) is 0 Å². The number of methoxy groups -OCH3 is 1. The zero-order valence-corrected chi connectivity index (χ0v) is 10.0. The lowest BCUT2D eigenvalue weighted by molar-refractivity contribution is -0.108. The first kappa shape index (κ1) is 11.6. The SMILES string of the molecule is COc1nccc2cc(C(C)CC=O)ccc12. The van der Waals surface area contributed by atoms with Gasteiger partial charge in [0.25, 0.3) is 0 Å². The molecule has 0 spiro atoms. The number of hydrogen-bond acceptors (Lipinski definition) is 3. The molecule has 0 aliphatic carbocycles. The van der Waals surface area contributed by atoms with E-state index in [0.717, 1.165) is 22.6 Å². The Balaban J connectivity index is 2.47. The zero-order valence-electron chi connectivity index (χ0n) is 10.0. The average Bonchev–Trinajstić information content (AvgIpc) is 2.37. The number of aldehydes is 1. The Morgan fingerprint density at radius 2 is 2.24 bits per heavy atom. The number of fused-ring (bicyclic) bond motifs is 1. The topological polar surface area (TPSA) is 39.2 Å². The molecule has 0 aliphatic heterocycles. The van der Waals surface area contributed by atoms with E-state index in [1.54, 1.807) is 13.3 Å². The molecule has 2 rings (SSSR count). The minimum atomic E-state index is 0.246. The third-order valence-electron chi connectivity index (χ3n) is 2.96. The lowest BCUT2D eigenvalue weighted by Gasteiger charge is -2.10. The van der Waals surface area contributed by atoms with Crippen molar-refractivity contribution in [2.45, 2.75) is 19.3 Å². The van der Waals surface area contributed by atoms with E-state index in [0.29, 0.717) is 12.3 Å². The van der Waals surface area contributed by atoms with Gasteiger partial charge in [-0.25, -0.2) is 4.98 Å². The van der Waals surface area contributed by atoms with Gasteiger partial charge in [0.15, 0.2) is 0 Å². The molecule has 0 saturated carbocycles. The summed E-state index contributed by atoms with van der Waals surface area (Å²) in [5.41, 5.74) is 1.16. The van der Waals surface area contributed by atoms with Crippen LogP contribution in [-0.4, -0.2) is 18.4 Å². The van der Waals surface area contributed by atoms with Crippen LogP contribution in [0.4, 0.5) is 0 Å². The van der Waals surface area contributed by atoms with Crippen molar-refractivity contribution in [3.8, 4) is 5.88 Å². The van der Waals surface area contributed by atoms with Crippen LogP contribution in [0.5, 0.6) is 5.88 Å². The maximum Gasteiger partial charge on any atom is 0.221 e. The second kappa shape index (κ2) is 4.95. The van der Waals surface area contributed by atoms with Crippen LogP contribution < -0.4 is 4.74 Å². The summed E-state index contributed by atoms with van der Waals surface area (Å²) < 4.78 is 5.21. The van der Waals surface area contributed by atoms with Gasteiger partial charge in [0.1, 0.15) is 6.29 Å². The van der Waals surface area contributed by atoms with Crippen LogP contribution >= 0.6 is 0 Å². The van der Waals surface area contributed by atoms with E-state index in [2.05, 4.69) is 11.1 Å². The molecule has 1 aromatic carbocycles. The van der Waals surface area contributed by atoms with Crippen molar-refractivity contribution in [3.05, 3.63) is 36.0 Å². The minimum Gasteiger partial charge on any atom is -0.481 e. The van der Waals surface area contributed by atoms with E-state index < -0.39 is 0 Å². The quantitative estimate of drug-likeness (QED) is 0.757. The Hall–Kier alpha value is -1.90. The summed E-state index contributed by atoms with van der Waals surface area (Å²) in [5.74, 6) is 0.883. The predicted octanol–water partition coefficient (Wildman–Crippen LogP) is 2.94. The van der Waals surface area contributed by atoms with E-state index in [9.17, 15) is 4.79 Å². The van der Waals surface area contributed by atoms with Gasteiger partial charge in [-0.15, -0.1) is 0 Å². The fourth-order valence-electron chi connectivity index (χ4n) is 1.92. The molecule has 3 heteroatoms. The van der Waals surface area contributed by atoms with Crippen LogP contribution in [-0.2, 0) is 4.79 Å². The minimum absolute atomic E-state index is 0.246. The van der Waals surface area contributed by atoms with Gasteiger partial charge in [-0.3, -0.25) is 0 Å².